The first-order valence-electron chi connectivity index (χ1n) is 4.79. The number of rotatable bonds is 1. The third-order valence-electron chi connectivity index (χ3n) is 2.42. The average molecular weight is 230 g/mol. The number of carbonyl (C=O) groups is 1. The molecule has 1 aliphatic heterocycles. The van der Waals surface area contributed by atoms with Crippen LogP contribution in [-0.2, 0) is 6.42 Å². The molecule has 1 aromatic rings. The normalized spacial score (nSPS) is 19.1. The van der Waals surface area contributed by atoms with E-state index in [0.29, 0.717) is 17.7 Å². The van der Waals surface area contributed by atoms with Gasteiger partial charge >= 0.3 is 6.18 Å². The Morgan fingerprint density at radius 3 is 2.75 bits per heavy atom. The van der Waals surface area contributed by atoms with Gasteiger partial charge in [0, 0.05) is 12.0 Å². The van der Waals surface area contributed by atoms with E-state index in [2.05, 4.69) is 0 Å². The summed E-state index contributed by atoms with van der Waals surface area (Å²) in [6.45, 7) is 1.82. The predicted molar refractivity (Wildman–Crippen MR) is 50.6 cm³/mol. The maximum absolute atomic E-state index is 12.2. The van der Waals surface area contributed by atoms with Crippen molar-refractivity contribution in [3.63, 3.8) is 0 Å². The van der Waals surface area contributed by atoms with Crippen molar-refractivity contribution in [1.82, 2.24) is 0 Å². The van der Waals surface area contributed by atoms with Gasteiger partial charge in [0.15, 0.2) is 0 Å². The monoisotopic (exact) mass is 230 g/mol. The summed E-state index contributed by atoms with van der Waals surface area (Å²) in [5, 5.41) is 0. The van der Waals surface area contributed by atoms with Gasteiger partial charge in [-0.3, -0.25) is 4.79 Å². The zero-order valence-corrected chi connectivity index (χ0v) is 8.47. The summed E-state index contributed by atoms with van der Waals surface area (Å²) in [5.41, 5.74) is 0.326. The fraction of sp³-hybridized carbons (Fsp3) is 0.364. The topological polar surface area (TPSA) is 26.3 Å². The maximum atomic E-state index is 12.2. The summed E-state index contributed by atoms with van der Waals surface area (Å²) in [7, 11) is 0. The molecule has 1 atom stereocenters. The number of carbonyl (C=O) groups excluding carboxylic acids is 1. The van der Waals surface area contributed by atoms with Crippen molar-refractivity contribution in [3.8, 4) is 5.75 Å². The Hall–Kier alpha value is -1.52. The Labute approximate surface area is 90.0 Å². The van der Waals surface area contributed by atoms with Crippen LogP contribution < -0.4 is 4.74 Å². The molecule has 0 amide bonds. The Balaban J connectivity index is 2.33. The molecule has 0 fully saturated rings. The number of hydrogen-bond acceptors (Lipinski definition) is 2. The molecule has 1 unspecified atom stereocenters. The lowest BCUT2D eigenvalue weighted by molar-refractivity contribution is -0.0885. The Morgan fingerprint density at radius 1 is 1.44 bits per heavy atom. The first-order valence-corrected chi connectivity index (χ1v) is 4.79. The molecular weight excluding hydrogens is 221 g/mol. The molecular formula is C11H9F3O2. The van der Waals surface area contributed by atoms with Gasteiger partial charge in [-0.2, -0.15) is 13.2 Å². The smallest absolute Gasteiger partial charge is 0.454 e. The van der Waals surface area contributed by atoms with E-state index in [0.717, 1.165) is 6.07 Å². The minimum absolute atomic E-state index is 0.0498. The summed E-state index contributed by atoms with van der Waals surface area (Å²) in [5.74, 6) is -1.25. The second-order valence-electron chi connectivity index (χ2n) is 3.78. The summed E-state index contributed by atoms with van der Waals surface area (Å²) >= 11 is 0. The lowest BCUT2D eigenvalue weighted by Crippen LogP contribution is -2.22. The van der Waals surface area contributed by atoms with E-state index in [-0.39, 0.29) is 11.7 Å². The first kappa shape index (κ1) is 11.0. The molecule has 0 aromatic heterocycles. The standard InChI is InChI=1S/C11H9F3O2/c1-6-4-8-5-7(2-3-9(8)16-6)10(15)11(12,13)14/h2-3,5-6H,4H2,1H3. The van der Waals surface area contributed by atoms with Gasteiger partial charge in [-0.15, -0.1) is 0 Å². The zero-order valence-electron chi connectivity index (χ0n) is 8.47. The highest BCUT2D eigenvalue weighted by Crippen LogP contribution is 2.31. The number of ether oxygens (including phenoxy) is 1. The molecule has 5 heteroatoms. The molecule has 16 heavy (non-hydrogen) atoms. The van der Waals surface area contributed by atoms with Gasteiger partial charge in [0.1, 0.15) is 11.9 Å². The lowest BCUT2D eigenvalue weighted by atomic mass is 10.0. The number of alkyl halides is 3. The van der Waals surface area contributed by atoms with Crippen LogP contribution in [0.5, 0.6) is 5.75 Å². The van der Waals surface area contributed by atoms with Crippen molar-refractivity contribution >= 4 is 5.78 Å². The highest BCUT2D eigenvalue weighted by atomic mass is 19.4. The molecule has 1 aliphatic rings. The molecule has 1 heterocycles. The maximum Gasteiger partial charge on any atom is 0.454 e. The van der Waals surface area contributed by atoms with Crippen LogP contribution in [0.2, 0.25) is 0 Å². The van der Waals surface area contributed by atoms with Gasteiger partial charge in [-0.05, 0) is 30.7 Å². The van der Waals surface area contributed by atoms with E-state index < -0.39 is 12.0 Å². The third-order valence-corrected chi connectivity index (χ3v) is 2.42. The van der Waals surface area contributed by atoms with E-state index in [1.54, 1.807) is 0 Å². The van der Waals surface area contributed by atoms with Gasteiger partial charge in [0.2, 0.25) is 0 Å². The van der Waals surface area contributed by atoms with Crippen LogP contribution in [0.1, 0.15) is 22.8 Å². The zero-order chi connectivity index (χ0) is 11.9. The second kappa shape index (κ2) is 3.50. The van der Waals surface area contributed by atoms with E-state index in [4.69, 9.17) is 4.74 Å². The molecule has 86 valence electrons. The van der Waals surface area contributed by atoms with Crippen molar-refractivity contribution in [1.29, 1.82) is 0 Å². The van der Waals surface area contributed by atoms with E-state index >= 15 is 0 Å². The van der Waals surface area contributed by atoms with Gasteiger partial charge in [0.05, 0.1) is 0 Å². The van der Waals surface area contributed by atoms with Crippen LogP contribution in [0, 0.1) is 0 Å². The lowest BCUT2D eigenvalue weighted by Gasteiger charge is -2.06. The fourth-order valence-electron chi connectivity index (χ4n) is 1.73. The SMILES string of the molecule is CC1Cc2cc(C(=O)C(F)(F)F)ccc2O1. The van der Waals surface area contributed by atoms with Gasteiger partial charge in [-0.1, -0.05) is 0 Å². The quantitative estimate of drug-likeness (QED) is 0.693. The van der Waals surface area contributed by atoms with Crippen LogP contribution in [0.3, 0.4) is 0 Å². The van der Waals surface area contributed by atoms with Crippen LogP contribution in [0.25, 0.3) is 0 Å². The van der Waals surface area contributed by atoms with Crippen LogP contribution in [0.15, 0.2) is 18.2 Å². The van der Waals surface area contributed by atoms with Crippen molar-refractivity contribution < 1.29 is 22.7 Å². The molecule has 0 aliphatic carbocycles. The summed E-state index contributed by atoms with van der Waals surface area (Å²) in [6.07, 6.45) is -4.33. The fourth-order valence-corrected chi connectivity index (χ4v) is 1.73. The Kier molecular flexibility index (Phi) is 2.40. The summed E-state index contributed by atoms with van der Waals surface area (Å²) < 4.78 is 41.9. The number of ketones is 1. The molecule has 0 bridgehead atoms. The van der Waals surface area contributed by atoms with Crippen LogP contribution in [0.4, 0.5) is 13.2 Å². The molecule has 0 saturated carbocycles. The average Bonchev–Trinajstić information content (AvgIpc) is 2.54. The molecule has 0 radical (unpaired) electrons. The Morgan fingerprint density at radius 2 is 2.12 bits per heavy atom. The number of Topliss-reactive ketones (excluding diaryl/α,β-unsaturated/α-hetero) is 1. The van der Waals surface area contributed by atoms with Gasteiger partial charge in [0.25, 0.3) is 5.78 Å². The third kappa shape index (κ3) is 1.89. The minimum atomic E-state index is -4.82. The van der Waals surface area contributed by atoms with E-state index in [1.807, 2.05) is 6.92 Å². The number of halogens is 3. The van der Waals surface area contributed by atoms with Crippen molar-refractivity contribution in [2.45, 2.75) is 25.6 Å². The van der Waals surface area contributed by atoms with Crippen molar-refractivity contribution in [2.24, 2.45) is 0 Å². The summed E-state index contributed by atoms with van der Waals surface area (Å²) in [4.78, 5) is 11.0. The van der Waals surface area contributed by atoms with Crippen molar-refractivity contribution in [2.75, 3.05) is 0 Å². The van der Waals surface area contributed by atoms with Gasteiger partial charge < -0.3 is 4.74 Å². The molecule has 2 nitrogen and oxygen atoms in total. The van der Waals surface area contributed by atoms with E-state index in [9.17, 15) is 18.0 Å². The first-order chi connectivity index (χ1) is 7.38. The largest absolute Gasteiger partial charge is 0.490 e. The van der Waals surface area contributed by atoms with Crippen LogP contribution >= 0.6 is 0 Å². The summed E-state index contributed by atoms with van der Waals surface area (Å²) in [6, 6.07) is 3.82. The highest BCUT2D eigenvalue weighted by molar-refractivity contribution is 6.00. The van der Waals surface area contributed by atoms with E-state index in [1.165, 1.54) is 12.1 Å². The highest BCUT2D eigenvalue weighted by Gasteiger charge is 2.39. The predicted octanol–water partition coefficient (Wildman–Crippen LogP) is 2.76. The number of fused-ring (bicyclic) bond motifs is 1. The molecule has 0 spiro atoms. The molecule has 2 rings (SSSR count). The molecule has 0 N–H and O–H groups in total. The van der Waals surface area contributed by atoms with Crippen molar-refractivity contribution in [3.05, 3.63) is 29.3 Å². The number of hydrogen-bond donors (Lipinski definition) is 0. The molecule has 0 saturated heterocycles. The second-order valence-corrected chi connectivity index (χ2v) is 3.78. The minimum Gasteiger partial charge on any atom is -0.490 e. The Bertz CT molecular complexity index is 437. The van der Waals surface area contributed by atoms with Crippen LogP contribution in [-0.4, -0.2) is 18.1 Å². The molecule has 1 aromatic carbocycles. The number of benzene rings is 1. The van der Waals surface area contributed by atoms with Gasteiger partial charge in [-0.25, -0.2) is 0 Å².